The number of hydrogen-bond acceptors (Lipinski definition) is 2. The fourth-order valence-electron chi connectivity index (χ4n) is 3.08. The highest BCUT2D eigenvalue weighted by Gasteiger charge is 2.43. The van der Waals surface area contributed by atoms with E-state index < -0.39 is 17.3 Å². The third-order valence-corrected chi connectivity index (χ3v) is 4.17. The van der Waals surface area contributed by atoms with Gasteiger partial charge in [-0.3, -0.25) is 0 Å². The van der Waals surface area contributed by atoms with E-state index in [1.807, 2.05) is 0 Å². The summed E-state index contributed by atoms with van der Waals surface area (Å²) >= 11 is 0. The summed E-state index contributed by atoms with van der Waals surface area (Å²) in [4.78, 5) is 13.5. The number of halogens is 3. The van der Waals surface area contributed by atoms with Gasteiger partial charge in [-0.2, -0.15) is 13.2 Å². The van der Waals surface area contributed by atoms with E-state index in [-0.39, 0.29) is 6.42 Å². The van der Waals surface area contributed by atoms with Crippen LogP contribution in [0.1, 0.15) is 16.7 Å². The third kappa shape index (κ3) is 2.26. The van der Waals surface area contributed by atoms with Gasteiger partial charge in [-0.05, 0) is 35.4 Å². The van der Waals surface area contributed by atoms with Crippen LogP contribution in [-0.4, -0.2) is 16.7 Å². The van der Waals surface area contributed by atoms with Crippen LogP contribution in [0.4, 0.5) is 13.2 Å². The van der Waals surface area contributed by atoms with Crippen molar-refractivity contribution in [1.82, 2.24) is 4.90 Å². The molecule has 22 heavy (non-hydrogen) atoms. The molecule has 2 aliphatic rings. The Morgan fingerprint density at radius 1 is 1.18 bits per heavy atom. The van der Waals surface area contributed by atoms with Crippen LogP contribution < -0.4 is 0 Å². The summed E-state index contributed by atoms with van der Waals surface area (Å²) in [5.74, 6) is 0. The van der Waals surface area contributed by atoms with Gasteiger partial charge >= 0.3 is 6.18 Å². The van der Waals surface area contributed by atoms with Crippen LogP contribution in [0, 0.1) is 0 Å². The van der Waals surface area contributed by atoms with Crippen molar-refractivity contribution < 1.29 is 18.0 Å². The largest absolute Gasteiger partial charge is 0.416 e. The molecular formula is C17H14F3NO. The third-order valence-electron chi connectivity index (χ3n) is 4.17. The molecule has 0 aromatic heterocycles. The molecule has 0 saturated heterocycles. The zero-order valence-electron chi connectivity index (χ0n) is 11.7. The number of aldehydes is 1. The minimum atomic E-state index is -4.38. The Morgan fingerprint density at radius 2 is 1.91 bits per heavy atom. The molecule has 1 aromatic rings. The van der Waals surface area contributed by atoms with Crippen molar-refractivity contribution in [2.45, 2.75) is 24.6 Å². The van der Waals surface area contributed by atoms with E-state index in [9.17, 15) is 18.0 Å². The molecular weight excluding hydrogens is 291 g/mol. The molecule has 0 fully saturated rings. The highest BCUT2D eigenvalue weighted by Crippen LogP contribution is 2.39. The number of carbonyl (C=O) groups excluding carboxylic acids is 1. The van der Waals surface area contributed by atoms with E-state index in [1.165, 1.54) is 6.07 Å². The summed E-state index contributed by atoms with van der Waals surface area (Å²) in [6.45, 7) is 3.90. The zero-order valence-corrected chi connectivity index (χ0v) is 11.7. The van der Waals surface area contributed by atoms with Gasteiger partial charge in [-0.1, -0.05) is 18.7 Å². The van der Waals surface area contributed by atoms with E-state index in [0.29, 0.717) is 17.7 Å². The maximum Gasteiger partial charge on any atom is 0.416 e. The Balaban J connectivity index is 1.98. The second kappa shape index (κ2) is 4.87. The first-order valence-corrected chi connectivity index (χ1v) is 6.84. The molecule has 1 aliphatic carbocycles. The topological polar surface area (TPSA) is 20.3 Å². The lowest BCUT2D eigenvalue weighted by molar-refractivity contribution is -0.137. The summed E-state index contributed by atoms with van der Waals surface area (Å²) in [5.41, 5.74) is 0.415. The van der Waals surface area contributed by atoms with Crippen LogP contribution in [0.25, 0.3) is 0 Å². The lowest BCUT2D eigenvalue weighted by Gasteiger charge is -2.37. The molecule has 2 nitrogen and oxygen atoms in total. The van der Waals surface area contributed by atoms with Crippen LogP contribution in [-0.2, 0) is 23.8 Å². The highest BCUT2D eigenvalue weighted by molar-refractivity contribution is 5.70. The number of nitrogens with zero attached hydrogens (tertiary/aromatic N) is 1. The van der Waals surface area contributed by atoms with Crippen molar-refractivity contribution in [2.75, 3.05) is 0 Å². The fourth-order valence-corrected chi connectivity index (χ4v) is 3.08. The van der Waals surface area contributed by atoms with Gasteiger partial charge in [0, 0.05) is 24.7 Å². The van der Waals surface area contributed by atoms with Crippen LogP contribution in [0.15, 0.2) is 54.9 Å². The number of fused-ring (bicyclic) bond motifs is 1. The number of carbonyl (C=O) groups is 1. The van der Waals surface area contributed by atoms with Gasteiger partial charge < -0.3 is 9.69 Å². The normalized spacial score (nSPS) is 23.8. The number of allylic oxidation sites excluding steroid dienone is 3. The second-order valence-corrected chi connectivity index (χ2v) is 5.62. The van der Waals surface area contributed by atoms with Crippen molar-refractivity contribution in [3.05, 3.63) is 71.6 Å². The average Bonchev–Trinajstić information content (AvgIpc) is 2.85. The first-order valence-electron chi connectivity index (χ1n) is 6.84. The maximum atomic E-state index is 12.8. The summed E-state index contributed by atoms with van der Waals surface area (Å²) in [6, 6.07) is 3.68. The first kappa shape index (κ1) is 14.6. The molecule has 114 valence electrons. The Kier molecular flexibility index (Phi) is 3.24. The van der Waals surface area contributed by atoms with Crippen molar-refractivity contribution in [1.29, 1.82) is 0 Å². The monoisotopic (exact) mass is 305 g/mol. The fraction of sp³-hybridized carbons (Fsp3) is 0.235. The minimum absolute atomic E-state index is 0.243. The molecule has 1 heterocycles. The lowest BCUT2D eigenvalue weighted by Crippen LogP contribution is -2.47. The molecule has 0 amide bonds. The SMILES string of the molecule is C=C1C=CC=CN1C1(C=O)Cc2ccc(C(F)(F)F)cc2C1. The van der Waals surface area contributed by atoms with E-state index in [0.717, 1.165) is 24.0 Å². The average molecular weight is 305 g/mol. The summed E-state index contributed by atoms with van der Waals surface area (Å²) in [7, 11) is 0. The number of alkyl halides is 3. The molecule has 1 atom stereocenters. The van der Waals surface area contributed by atoms with E-state index in [2.05, 4.69) is 6.58 Å². The van der Waals surface area contributed by atoms with Crippen molar-refractivity contribution >= 4 is 6.29 Å². The Morgan fingerprint density at radius 3 is 2.55 bits per heavy atom. The van der Waals surface area contributed by atoms with E-state index in [1.54, 1.807) is 29.3 Å². The molecule has 3 rings (SSSR count). The molecule has 0 spiro atoms. The van der Waals surface area contributed by atoms with Gasteiger partial charge in [0.1, 0.15) is 11.8 Å². The number of benzene rings is 1. The number of hydrogen-bond donors (Lipinski definition) is 0. The van der Waals surface area contributed by atoms with Crippen molar-refractivity contribution in [3.63, 3.8) is 0 Å². The predicted octanol–water partition coefficient (Wildman–Crippen LogP) is 3.64. The van der Waals surface area contributed by atoms with Crippen LogP contribution >= 0.6 is 0 Å². The highest BCUT2D eigenvalue weighted by atomic mass is 19.4. The minimum Gasteiger partial charge on any atom is -0.335 e. The zero-order chi connectivity index (χ0) is 16.0. The molecule has 1 aliphatic heterocycles. The van der Waals surface area contributed by atoms with Crippen LogP contribution in [0.3, 0.4) is 0 Å². The smallest absolute Gasteiger partial charge is 0.335 e. The van der Waals surface area contributed by atoms with E-state index >= 15 is 0 Å². The van der Waals surface area contributed by atoms with Gasteiger partial charge in [-0.15, -0.1) is 0 Å². The second-order valence-electron chi connectivity index (χ2n) is 5.62. The molecule has 5 heteroatoms. The first-order chi connectivity index (χ1) is 10.4. The van der Waals surface area contributed by atoms with Crippen molar-refractivity contribution in [2.24, 2.45) is 0 Å². The standard InChI is InChI=1S/C17H14F3NO/c1-12-4-2-3-7-21(12)16(11-22)9-13-5-6-15(17(18,19)20)8-14(13)10-16/h2-8,11H,1,9-10H2. The summed E-state index contributed by atoms with van der Waals surface area (Å²) in [6.07, 6.45) is 4.16. The quantitative estimate of drug-likeness (QED) is 0.778. The van der Waals surface area contributed by atoms with Crippen LogP contribution in [0.2, 0.25) is 0 Å². The molecule has 0 radical (unpaired) electrons. The van der Waals surface area contributed by atoms with E-state index in [4.69, 9.17) is 0 Å². The van der Waals surface area contributed by atoms with Crippen molar-refractivity contribution in [3.8, 4) is 0 Å². The summed E-state index contributed by atoms with van der Waals surface area (Å²) < 4.78 is 38.5. The lowest BCUT2D eigenvalue weighted by atomic mass is 9.94. The molecule has 0 bridgehead atoms. The number of rotatable bonds is 2. The van der Waals surface area contributed by atoms with Gasteiger partial charge in [-0.25, -0.2) is 0 Å². The van der Waals surface area contributed by atoms with Gasteiger partial charge in [0.2, 0.25) is 0 Å². The Hall–Kier alpha value is -2.30. The molecule has 0 N–H and O–H groups in total. The van der Waals surface area contributed by atoms with Gasteiger partial charge in [0.25, 0.3) is 0 Å². The Bertz CT molecular complexity index is 702. The van der Waals surface area contributed by atoms with Gasteiger partial charge in [0.05, 0.1) is 5.56 Å². The maximum absolute atomic E-state index is 12.8. The predicted molar refractivity (Wildman–Crippen MR) is 76.9 cm³/mol. The van der Waals surface area contributed by atoms with Crippen LogP contribution in [0.5, 0.6) is 0 Å². The molecule has 1 unspecified atom stereocenters. The molecule has 0 saturated carbocycles. The Labute approximate surface area is 126 Å². The molecule has 1 aromatic carbocycles. The summed E-state index contributed by atoms with van der Waals surface area (Å²) in [5, 5.41) is 0. The van der Waals surface area contributed by atoms with Gasteiger partial charge in [0.15, 0.2) is 0 Å².